The largest absolute Gasteiger partial charge is 0.489 e. The average Bonchev–Trinajstić information content (AvgIpc) is 2.38. The molecule has 0 bridgehead atoms. The highest BCUT2D eigenvalue weighted by molar-refractivity contribution is 9.08. The van der Waals surface area contributed by atoms with Gasteiger partial charge in [0.1, 0.15) is 18.2 Å². The van der Waals surface area contributed by atoms with Crippen molar-refractivity contribution in [2.45, 2.75) is 18.9 Å². The molecule has 0 aromatic heterocycles. The van der Waals surface area contributed by atoms with E-state index in [0.717, 1.165) is 22.2 Å². The monoisotopic (exact) mass is 308 g/mol. The first-order chi connectivity index (χ1) is 8.69. The first-order valence-electron chi connectivity index (χ1n) is 5.72. The van der Waals surface area contributed by atoms with Gasteiger partial charge < -0.3 is 4.74 Å². The molecular weight excluding hydrogens is 295 g/mol. The lowest BCUT2D eigenvalue weighted by Gasteiger charge is -2.09. The minimum absolute atomic E-state index is 0.210. The Kier molecular flexibility index (Phi) is 4.37. The van der Waals surface area contributed by atoms with Gasteiger partial charge in [-0.25, -0.2) is 4.39 Å². The molecule has 3 heteroatoms. The quantitative estimate of drug-likeness (QED) is 0.750. The number of ether oxygens (including phenoxy) is 1. The van der Waals surface area contributed by atoms with Crippen LogP contribution in [0.3, 0.4) is 0 Å². The van der Waals surface area contributed by atoms with Crippen molar-refractivity contribution in [3.8, 4) is 5.75 Å². The SMILES string of the molecule is Cc1cc(F)ccc1COc1ccc(CBr)cc1. The van der Waals surface area contributed by atoms with Crippen LogP contribution >= 0.6 is 15.9 Å². The molecular formula is C15H14BrFO. The fourth-order valence-electron chi connectivity index (χ4n) is 1.66. The standard InChI is InChI=1S/C15H14BrFO/c1-11-8-14(17)5-4-13(11)10-18-15-6-2-12(9-16)3-7-15/h2-8H,9-10H2,1H3. The fourth-order valence-corrected chi connectivity index (χ4v) is 2.03. The molecule has 0 amide bonds. The number of hydrogen-bond acceptors (Lipinski definition) is 1. The van der Waals surface area contributed by atoms with Crippen LogP contribution in [0.15, 0.2) is 42.5 Å². The number of aryl methyl sites for hydroxylation is 1. The molecule has 0 unspecified atom stereocenters. The fraction of sp³-hybridized carbons (Fsp3) is 0.200. The number of rotatable bonds is 4. The lowest BCUT2D eigenvalue weighted by molar-refractivity contribution is 0.305. The van der Waals surface area contributed by atoms with Crippen molar-refractivity contribution in [2.75, 3.05) is 0 Å². The van der Waals surface area contributed by atoms with E-state index in [0.29, 0.717) is 6.61 Å². The zero-order valence-corrected chi connectivity index (χ0v) is 11.7. The van der Waals surface area contributed by atoms with E-state index in [1.54, 1.807) is 6.07 Å². The van der Waals surface area contributed by atoms with Crippen LogP contribution in [0.1, 0.15) is 16.7 Å². The number of alkyl halides is 1. The summed E-state index contributed by atoms with van der Waals surface area (Å²) in [4.78, 5) is 0. The third kappa shape index (κ3) is 3.33. The van der Waals surface area contributed by atoms with Crippen LogP contribution in [0.5, 0.6) is 5.75 Å². The first-order valence-corrected chi connectivity index (χ1v) is 6.84. The van der Waals surface area contributed by atoms with E-state index >= 15 is 0 Å². The normalized spacial score (nSPS) is 10.4. The Balaban J connectivity index is 2.02. The van der Waals surface area contributed by atoms with Crippen LogP contribution in [-0.4, -0.2) is 0 Å². The van der Waals surface area contributed by atoms with E-state index < -0.39 is 0 Å². The second-order valence-corrected chi connectivity index (χ2v) is 4.70. The summed E-state index contributed by atoms with van der Waals surface area (Å²) >= 11 is 3.40. The lowest BCUT2D eigenvalue weighted by atomic mass is 10.1. The molecule has 0 aliphatic carbocycles. The molecule has 0 N–H and O–H groups in total. The summed E-state index contributed by atoms with van der Waals surface area (Å²) in [6.45, 7) is 2.34. The van der Waals surface area contributed by atoms with Crippen LogP contribution in [0.25, 0.3) is 0 Å². The highest BCUT2D eigenvalue weighted by Crippen LogP contribution is 2.17. The maximum Gasteiger partial charge on any atom is 0.123 e. The second kappa shape index (κ2) is 6.01. The van der Waals surface area contributed by atoms with E-state index in [1.165, 1.54) is 17.7 Å². The molecule has 0 heterocycles. The number of hydrogen-bond donors (Lipinski definition) is 0. The number of halogens is 2. The van der Waals surface area contributed by atoms with Crippen LogP contribution < -0.4 is 4.74 Å². The molecule has 0 atom stereocenters. The molecule has 94 valence electrons. The van der Waals surface area contributed by atoms with E-state index in [1.807, 2.05) is 31.2 Å². The van der Waals surface area contributed by atoms with E-state index in [2.05, 4.69) is 15.9 Å². The van der Waals surface area contributed by atoms with Gasteiger partial charge in [0.15, 0.2) is 0 Å². The second-order valence-electron chi connectivity index (χ2n) is 4.14. The third-order valence-corrected chi connectivity index (χ3v) is 3.42. The Hall–Kier alpha value is -1.35. The predicted octanol–water partition coefficient (Wildman–Crippen LogP) is 4.61. The summed E-state index contributed by atoms with van der Waals surface area (Å²) in [5, 5.41) is 0.838. The molecule has 2 aromatic carbocycles. The van der Waals surface area contributed by atoms with Gasteiger partial charge in [-0.1, -0.05) is 34.1 Å². The van der Waals surface area contributed by atoms with E-state index in [9.17, 15) is 4.39 Å². The Morgan fingerprint density at radius 3 is 2.44 bits per heavy atom. The van der Waals surface area contributed by atoms with Crippen molar-refractivity contribution >= 4 is 15.9 Å². The summed E-state index contributed by atoms with van der Waals surface area (Å²) in [6.07, 6.45) is 0. The highest BCUT2D eigenvalue weighted by atomic mass is 79.9. The molecule has 2 rings (SSSR count). The van der Waals surface area contributed by atoms with Gasteiger partial charge in [0, 0.05) is 5.33 Å². The van der Waals surface area contributed by atoms with E-state index in [4.69, 9.17) is 4.74 Å². The lowest BCUT2D eigenvalue weighted by Crippen LogP contribution is -1.98. The Bertz CT molecular complexity index is 523. The first kappa shape index (κ1) is 13.1. The smallest absolute Gasteiger partial charge is 0.123 e. The summed E-state index contributed by atoms with van der Waals surface area (Å²) in [7, 11) is 0. The van der Waals surface area contributed by atoms with Crippen molar-refractivity contribution in [3.63, 3.8) is 0 Å². The predicted molar refractivity (Wildman–Crippen MR) is 74.5 cm³/mol. The van der Waals surface area contributed by atoms with Crippen molar-refractivity contribution in [1.29, 1.82) is 0 Å². The van der Waals surface area contributed by atoms with Gasteiger partial charge >= 0.3 is 0 Å². The Labute approximate surface area is 115 Å². The Morgan fingerprint density at radius 1 is 1.11 bits per heavy atom. The van der Waals surface area contributed by atoms with Gasteiger partial charge in [-0.15, -0.1) is 0 Å². The topological polar surface area (TPSA) is 9.23 Å². The molecule has 0 aliphatic heterocycles. The van der Waals surface area contributed by atoms with Crippen LogP contribution in [0.2, 0.25) is 0 Å². The van der Waals surface area contributed by atoms with Gasteiger partial charge in [-0.05, 0) is 47.9 Å². The molecule has 0 radical (unpaired) electrons. The molecule has 0 saturated heterocycles. The summed E-state index contributed by atoms with van der Waals surface area (Å²) in [5.41, 5.74) is 3.12. The van der Waals surface area contributed by atoms with Gasteiger partial charge in [-0.2, -0.15) is 0 Å². The summed E-state index contributed by atoms with van der Waals surface area (Å²) in [6, 6.07) is 12.7. The zero-order valence-electron chi connectivity index (χ0n) is 10.1. The zero-order chi connectivity index (χ0) is 13.0. The average molecular weight is 309 g/mol. The molecule has 1 nitrogen and oxygen atoms in total. The van der Waals surface area contributed by atoms with Gasteiger partial charge in [-0.3, -0.25) is 0 Å². The van der Waals surface area contributed by atoms with Crippen molar-refractivity contribution < 1.29 is 9.13 Å². The van der Waals surface area contributed by atoms with Crippen LogP contribution in [0.4, 0.5) is 4.39 Å². The molecule has 2 aromatic rings. The van der Waals surface area contributed by atoms with Crippen LogP contribution in [0, 0.1) is 12.7 Å². The molecule has 0 fully saturated rings. The third-order valence-electron chi connectivity index (χ3n) is 2.78. The molecule has 18 heavy (non-hydrogen) atoms. The molecule has 0 aliphatic rings. The Morgan fingerprint density at radius 2 is 1.83 bits per heavy atom. The summed E-state index contributed by atoms with van der Waals surface area (Å²) < 4.78 is 18.6. The highest BCUT2D eigenvalue weighted by Gasteiger charge is 2.01. The minimum atomic E-state index is -0.210. The van der Waals surface area contributed by atoms with Crippen molar-refractivity contribution in [2.24, 2.45) is 0 Å². The van der Waals surface area contributed by atoms with Gasteiger partial charge in [0.2, 0.25) is 0 Å². The minimum Gasteiger partial charge on any atom is -0.489 e. The summed E-state index contributed by atoms with van der Waals surface area (Å²) in [5.74, 6) is 0.612. The number of benzene rings is 2. The van der Waals surface area contributed by atoms with Crippen LogP contribution in [-0.2, 0) is 11.9 Å². The van der Waals surface area contributed by atoms with Crippen molar-refractivity contribution in [3.05, 3.63) is 65.0 Å². The molecule has 0 spiro atoms. The van der Waals surface area contributed by atoms with Gasteiger partial charge in [0.25, 0.3) is 0 Å². The van der Waals surface area contributed by atoms with Gasteiger partial charge in [0.05, 0.1) is 0 Å². The van der Waals surface area contributed by atoms with E-state index in [-0.39, 0.29) is 5.82 Å². The molecule has 0 saturated carbocycles. The van der Waals surface area contributed by atoms with Crippen molar-refractivity contribution in [1.82, 2.24) is 0 Å². The maximum absolute atomic E-state index is 12.9. The maximum atomic E-state index is 12.9.